The minimum Gasteiger partial charge on any atom is -0.512 e. The van der Waals surface area contributed by atoms with Gasteiger partial charge in [-0.2, -0.15) is 0 Å². The predicted octanol–water partition coefficient (Wildman–Crippen LogP) is 3.39. The van der Waals surface area contributed by atoms with Gasteiger partial charge in [0.1, 0.15) is 11.5 Å². The molecule has 1 aliphatic carbocycles. The van der Waals surface area contributed by atoms with Crippen molar-refractivity contribution < 1.29 is 19.5 Å². The number of urea groups is 1. The van der Waals surface area contributed by atoms with Crippen molar-refractivity contribution in [3.05, 3.63) is 70.2 Å². The first-order valence-electron chi connectivity index (χ1n) is 9.82. The van der Waals surface area contributed by atoms with Gasteiger partial charge in [-0.3, -0.25) is 19.9 Å². The number of amides is 3. The number of aliphatic hydroxyl groups excluding tert-OH is 1. The second kappa shape index (κ2) is 8.90. The lowest BCUT2D eigenvalue weighted by molar-refractivity contribution is -0.116. The Morgan fingerprint density at radius 2 is 1.87 bits per heavy atom. The van der Waals surface area contributed by atoms with Crippen LogP contribution in [0.1, 0.15) is 45.6 Å². The number of rotatable bonds is 5. The SMILES string of the molecule is Cc1cc(C)c(C2=C(O)CC(CCNC(=O)NC(=O)c3ccccn3)C2=O)c(C)c1. The van der Waals surface area contributed by atoms with Crippen LogP contribution < -0.4 is 10.6 Å². The number of pyridine rings is 1. The molecule has 0 saturated carbocycles. The standard InChI is InChI=1S/C23H25N3O4/c1-13-10-14(2)19(15(3)11-13)20-18(27)12-16(21(20)28)7-9-25-23(30)26-22(29)17-6-4-5-8-24-17/h4-6,8,10-11,16,27H,7,9,12H2,1-3H3,(H2,25,26,29,30). The summed E-state index contributed by atoms with van der Waals surface area (Å²) in [7, 11) is 0. The zero-order valence-electron chi connectivity index (χ0n) is 17.3. The molecule has 0 saturated heterocycles. The average Bonchev–Trinajstić information content (AvgIpc) is 2.96. The van der Waals surface area contributed by atoms with Crippen molar-refractivity contribution in [2.75, 3.05) is 6.54 Å². The number of nitrogens with zero attached hydrogens (tertiary/aromatic N) is 1. The van der Waals surface area contributed by atoms with Gasteiger partial charge >= 0.3 is 6.03 Å². The molecule has 1 heterocycles. The third-order valence-corrected chi connectivity index (χ3v) is 5.18. The van der Waals surface area contributed by atoms with Crippen LogP contribution in [0.3, 0.4) is 0 Å². The van der Waals surface area contributed by atoms with Crippen LogP contribution in [0.5, 0.6) is 0 Å². The summed E-state index contributed by atoms with van der Waals surface area (Å²) < 4.78 is 0. The Bertz CT molecular complexity index is 1000. The summed E-state index contributed by atoms with van der Waals surface area (Å²) in [6, 6.07) is 8.16. The van der Waals surface area contributed by atoms with E-state index in [1.165, 1.54) is 12.3 Å². The molecule has 0 bridgehead atoms. The number of allylic oxidation sites excluding steroid dienone is 2. The number of aromatic nitrogens is 1. The highest BCUT2D eigenvalue weighted by molar-refractivity contribution is 6.25. The molecular weight excluding hydrogens is 382 g/mol. The smallest absolute Gasteiger partial charge is 0.321 e. The van der Waals surface area contributed by atoms with Gasteiger partial charge in [-0.15, -0.1) is 0 Å². The van der Waals surface area contributed by atoms with Gasteiger partial charge in [-0.25, -0.2) is 4.79 Å². The molecule has 0 aliphatic heterocycles. The number of hydrogen-bond donors (Lipinski definition) is 3. The molecule has 0 fully saturated rings. The number of nitrogens with one attached hydrogen (secondary N) is 2. The Morgan fingerprint density at radius 3 is 2.50 bits per heavy atom. The summed E-state index contributed by atoms with van der Waals surface area (Å²) in [4.78, 5) is 40.7. The highest BCUT2D eigenvalue weighted by Gasteiger charge is 2.35. The fourth-order valence-electron chi connectivity index (χ4n) is 3.92. The lowest BCUT2D eigenvalue weighted by Gasteiger charge is -2.14. The summed E-state index contributed by atoms with van der Waals surface area (Å²) in [6.07, 6.45) is 2.08. The van der Waals surface area contributed by atoms with E-state index >= 15 is 0 Å². The molecule has 1 aromatic heterocycles. The van der Waals surface area contributed by atoms with Gasteiger partial charge in [0.15, 0.2) is 5.78 Å². The lowest BCUT2D eigenvalue weighted by Crippen LogP contribution is -2.40. The molecule has 7 heteroatoms. The molecule has 1 atom stereocenters. The maximum Gasteiger partial charge on any atom is 0.321 e. The second-order valence-corrected chi connectivity index (χ2v) is 7.57. The molecular formula is C23H25N3O4. The molecule has 30 heavy (non-hydrogen) atoms. The third kappa shape index (κ3) is 4.56. The summed E-state index contributed by atoms with van der Waals surface area (Å²) in [6.45, 7) is 6.05. The van der Waals surface area contributed by atoms with Gasteiger partial charge < -0.3 is 10.4 Å². The number of aryl methyl sites for hydroxylation is 3. The molecule has 0 spiro atoms. The van der Waals surface area contributed by atoms with Crippen LogP contribution in [0.4, 0.5) is 4.79 Å². The average molecular weight is 407 g/mol. The molecule has 156 valence electrons. The maximum atomic E-state index is 12.9. The zero-order valence-corrected chi connectivity index (χ0v) is 17.3. The Kier molecular flexibility index (Phi) is 6.30. The lowest BCUT2D eigenvalue weighted by atomic mass is 9.90. The number of aliphatic hydroxyl groups is 1. The van der Waals surface area contributed by atoms with Crippen molar-refractivity contribution >= 4 is 23.3 Å². The van der Waals surface area contributed by atoms with Crippen LogP contribution in [-0.2, 0) is 4.79 Å². The fourth-order valence-corrected chi connectivity index (χ4v) is 3.92. The summed E-state index contributed by atoms with van der Waals surface area (Å²) in [5, 5.41) is 15.2. The van der Waals surface area contributed by atoms with E-state index in [-0.39, 0.29) is 30.2 Å². The fraction of sp³-hybridized carbons (Fsp3) is 0.304. The van der Waals surface area contributed by atoms with Crippen molar-refractivity contribution in [1.29, 1.82) is 0 Å². The van der Waals surface area contributed by atoms with Gasteiger partial charge in [0.2, 0.25) is 0 Å². The van der Waals surface area contributed by atoms with E-state index < -0.39 is 17.9 Å². The number of hydrogen-bond acceptors (Lipinski definition) is 5. The van der Waals surface area contributed by atoms with Crippen LogP contribution in [0.15, 0.2) is 42.3 Å². The molecule has 1 aromatic carbocycles. The molecule has 7 nitrogen and oxygen atoms in total. The number of Topliss-reactive ketones (excluding diaryl/α,β-unsaturated/α-hetero) is 1. The third-order valence-electron chi connectivity index (χ3n) is 5.18. The van der Waals surface area contributed by atoms with E-state index in [2.05, 4.69) is 15.6 Å². The number of benzene rings is 1. The Balaban J connectivity index is 1.56. The number of carbonyl (C=O) groups excluding carboxylic acids is 3. The van der Waals surface area contributed by atoms with E-state index in [1.807, 2.05) is 32.9 Å². The summed E-state index contributed by atoms with van der Waals surface area (Å²) >= 11 is 0. The molecule has 2 aromatic rings. The van der Waals surface area contributed by atoms with Gasteiger partial charge in [0.25, 0.3) is 5.91 Å². The predicted molar refractivity (Wildman–Crippen MR) is 113 cm³/mol. The van der Waals surface area contributed by atoms with E-state index in [1.54, 1.807) is 12.1 Å². The first-order chi connectivity index (χ1) is 14.3. The first-order valence-corrected chi connectivity index (χ1v) is 9.82. The van der Waals surface area contributed by atoms with Crippen molar-refractivity contribution in [1.82, 2.24) is 15.6 Å². The molecule has 0 radical (unpaired) electrons. The Morgan fingerprint density at radius 1 is 1.17 bits per heavy atom. The summed E-state index contributed by atoms with van der Waals surface area (Å²) in [5.41, 5.74) is 4.32. The number of carbonyl (C=O) groups is 3. The molecule has 1 unspecified atom stereocenters. The quantitative estimate of drug-likeness (QED) is 0.704. The van der Waals surface area contributed by atoms with Crippen LogP contribution in [0, 0.1) is 26.7 Å². The molecule has 3 rings (SSSR count). The van der Waals surface area contributed by atoms with E-state index in [4.69, 9.17) is 0 Å². The van der Waals surface area contributed by atoms with Gasteiger partial charge in [-0.05, 0) is 56.0 Å². The van der Waals surface area contributed by atoms with Gasteiger partial charge in [-0.1, -0.05) is 23.8 Å². The van der Waals surface area contributed by atoms with Crippen LogP contribution in [0.2, 0.25) is 0 Å². The van der Waals surface area contributed by atoms with Crippen molar-refractivity contribution in [2.45, 2.75) is 33.6 Å². The topological polar surface area (TPSA) is 108 Å². The minimum absolute atomic E-state index is 0.0924. The van der Waals surface area contributed by atoms with Gasteiger partial charge in [0.05, 0.1) is 5.57 Å². The number of ketones is 1. The van der Waals surface area contributed by atoms with Crippen LogP contribution >= 0.6 is 0 Å². The monoisotopic (exact) mass is 407 g/mol. The first kappa shape index (κ1) is 21.2. The highest BCUT2D eigenvalue weighted by Crippen LogP contribution is 2.38. The van der Waals surface area contributed by atoms with E-state index in [0.717, 1.165) is 22.3 Å². The molecule has 3 amide bonds. The van der Waals surface area contributed by atoms with Crippen LogP contribution in [0.25, 0.3) is 5.57 Å². The summed E-state index contributed by atoms with van der Waals surface area (Å²) in [5.74, 6) is -1.03. The molecule has 1 aliphatic rings. The zero-order chi connectivity index (χ0) is 21.8. The Labute approximate surface area is 175 Å². The highest BCUT2D eigenvalue weighted by atomic mass is 16.3. The molecule has 3 N–H and O–H groups in total. The normalized spacial score (nSPS) is 16.0. The van der Waals surface area contributed by atoms with Crippen molar-refractivity contribution in [3.63, 3.8) is 0 Å². The van der Waals surface area contributed by atoms with E-state index in [0.29, 0.717) is 12.0 Å². The second-order valence-electron chi connectivity index (χ2n) is 7.57. The maximum absolute atomic E-state index is 12.9. The minimum atomic E-state index is -0.654. The van der Waals surface area contributed by atoms with Gasteiger partial charge in [0, 0.05) is 25.1 Å². The number of imide groups is 1. The largest absolute Gasteiger partial charge is 0.512 e. The Hall–Kier alpha value is -3.48. The van der Waals surface area contributed by atoms with E-state index in [9.17, 15) is 19.5 Å². The van der Waals surface area contributed by atoms with Crippen LogP contribution in [-0.4, -0.2) is 34.4 Å². The van der Waals surface area contributed by atoms with Crippen molar-refractivity contribution in [3.8, 4) is 0 Å². The van der Waals surface area contributed by atoms with Crippen molar-refractivity contribution in [2.24, 2.45) is 5.92 Å².